The highest BCUT2D eigenvalue weighted by atomic mass is 32.1. The number of aryl methyl sites for hydroxylation is 1. The van der Waals surface area contributed by atoms with Crippen LogP contribution in [-0.4, -0.2) is 33.5 Å². The monoisotopic (exact) mass is 332 g/mol. The van der Waals surface area contributed by atoms with E-state index in [-0.39, 0.29) is 29.6 Å². The molecule has 0 aliphatic carbocycles. The summed E-state index contributed by atoms with van der Waals surface area (Å²) >= 11 is 1.10. The Labute approximate surface area is 139 Å². The predicted molar refractivity (Wildman–Crippen MR) is 90.7 cm³/mol. The largest absolute Gasteiger partial charge is 0.350 e. The number of carbonyl (C=O) groups is 2. The molecule has 1 N–H and O–H groups in total. The van der Waals surface area contributed by atoms with Crippen LogP contribution in [0.1, 0.15) is 36.8 Å². The van der Waals surface area contributed by atoms with Gasteiger partial charge in [-0.05, 0) is 51.4 Å². The first-order chi connectivity index (χ1) is 10.8. The van der Waals surface area contributed by atoms with Crippen LogP contribution in [0, 0.1) is 6.92 Å². The quantitative estimate of drug-likeness (QED) is 0.933. The van der Waals surface area contributed by atoms with Crippen LogP contribution in [-0.2, 0) is 4.79 Å². The van der Waals surface area contributed by atoms with E-state index in [0.717, 1.165) is 17.1 Å². The summed E-state index contributed by atoms with van der Waals surface area (Å²) in [5.74, 6) is -0.568. The summed E-state index contributed by atoms with van der Waals surface area (Å²) in [7, 11) is 0. The minimum atomic E-state index is -0.360. The number of hydrogen-bond acceptors (Lipinski definition) is 5. The zero-order valence-corrected chi connectivity index (χ0v) is 14.5. The minimum Gasteiger partial charge on any atom is -0.350 e. The van der Waals surface area contributed by atoms with Gasteiger partial charge in [0.25, 0.3) is 5.91 Å². The molecular weight excluding hydrogens is 312 g/mol. The van der Waals surface area contributed by atoms with Crippen molar-refractivity contribution in [3.63, 3.8) is 0 Å². The van der Waals surface area contributed by atoms with Crippen molar-refractivity contribution in [2.24, 2.45) is 0 Å². The third kappa shape index (κ3) is 4.85. The van der Waals surface area contributed by atoms with Crippen molar-refractivity contribution in [1.82, 2.24) is 14.9 Å². The van der Waals surface area contributed by atoms with Gasteiger partial charge in [0.15, 0.2) is 5.69 Å². The van der Waals surface area contributed by atoms with E-state index in [1.54, 1.807) is 5.38 Å². The van der Waals surface area contributed by atoms with E-state index in [1.165, 1.54) is 4.90 Å². The van der Waals surface area contributed by atoms with Crippen LogP contribution in [0.3, 0.4) is 0 Å². The van der Waals surface area contributed by atoms with Crippen LogP contribution < -0.4 is 10.2 Å². The maximum atomic E-state index is 12.6. The van der Waals surface area contributed by atoms with Gasteiger partial charge >= 0.3 is 0 Å². The Morgan fingerprint density at radius 2 is 1.87 bits per heavy atom. The number of anilines is 1. The second-order valence-electron chi connectivity index (χ2n) is 6.32. The second kappa shape index (κ2) is 6.87. The highest BCUT2D eigenvalue weighted by Crippen LogP contribution is 2.18. The van der Waals surface area contributed by atoms with Crippen LogP contribution in [0.15, 0.2) is 29.6 Å². The van der Waals surface area contributed by atoms with Crippen LogP contribution in [0.5, 0.6) is 0 Å². The Balaban J connectivity index is 2.26. The lowest BCUT2D eigenvalue weighted by Gasteiger charge is -2.25. The van der Waals surface area contributed by atoms with Gasteiger partial charge in [-0.3, -0.25) is 14.5 Å². The fraction of sp³-hybridized carbons (Fsp3) is 0.375. The molecule has 2 amide bonds. The van der Waals surface area contributed by atoms with Gasteiger partial charge in [0.05, 0.1) is 0 Å². The van der Waals surface area contributed by atoms with Gasteiger partial charge in [-0.15, -0.1) is 5.10 Å². The van der Waals surface area contributed by atoms with Crippen molar-refractivity contribution < 1.29 is 9.59 Å². The van der Waals surface area contributed by atoms with E-state index in [0.29, 0.717) is 5.69 Å². The number of nitrogens with zero attached hydrogens (tertiary/aromatic N) is 3. The zero-order chi connectivity index (χ0) is 17.0. The van der Waals surface area contributed by atoms with Gasteiger partial charge in [0, 0.05) is 16.6 Å². The van der Waals surface area contributed by atoms with Crippen LogP contribution in [0.25, 0.3) is 0 Å². The molecule has 122 valence electrons. The lowest BCUT2D eigenvalue weighted by atomic mass is 10.1. The smallest absolute Gasteiger partial charge is 0.280 e. The molecule has 0 aliphatic rings. The van der Waals surface area contributed by atoms with E-state index < -0.39 is 0 Å². The van der Waals surface area contributed by atoms with Gasteiger partial charge in [-0.1, -0.05) is 22.2 Å². The van der Waals surface area contributed by atoms with Gasteiger partial charge in [-0.25, -0.2) is 0 Å². The SMILES string of the molecule is Cc1ccc(N(CC(=O)NC(C)(C)C)C(=O)c2csnn2)cc1. The van der Waals surface area contributed by atoms with Crippen molar-refractivity contribution in [2.75, 3.05) is 11.4 Å². The Morgan fingerprint density at radius 1 is 1.22 bits per heavy atom. The van der Waals surface area contributed by atoms with E-state index in [1.807, 2.05) is 52.0 Å². The van der Waals surface area contributed by atoms with Gasteiger partial charge in [0.2, 0.25) is 5.91 Å². The minimum absolute atomic E-state index is 0.0727. The maximum Gasteiger partial charge on any atom is 0.280 e. The van der Waals surface area contributed by atoms with Crippen molar-refractivity contribution >= 4 is 29.0 Å². The summed E-state index contributed by atoms with van der Waals surface area (Å²) < 4.78 is 3.72. The summed E-state index contributed by atoms with van der Waals surface area (Å²) in [6.07, 6.45) is 0. The first kappa shape index (κ1) is 17.1. The second-order valence-corrected chi connectivity index (χ2v) is 6.92. The van der Waals surface area contributed by atoms with Crippen molar-refractivity contribution in [2.45, 2.75) is 33.2 Å². The van der Waals surface area contributed by atoms with Gasteiger partial charge < -0.3 is 5.32 Å². The summed E-state index contributed by atoms with van der Waals surface area (Å²) in [5.41, 5.74) is 1.61. The van der Waals surface area contributed by atoms with E-state index >= 15 is 0 Å². The molecule has 0 unspecified atom stereocenters. The molecule has 0 saturated carbocycles. The van der Waals surface area contributed by atoms with Crippen molar-refractivity contribution in [3.8, 4) is 0 Å². The first-order valence-electron chi connectivity index (χ1n) is 7.23. The number of aromatic nitrogens is 2. The average molecular weight is 332 g/mol. The van der Waals surface area contributed by atoms with Crippen LogP contribution in [0.2, 0.25) is 0 Å². The highest BCUT2D eigenvalue weighted by Gasteiger charge is 2.24. The molecular formula is C16H20N4O2S. The molecule has 1 aromatic carbocycles. The lowest BCUT2D eigenvalue weighted by molar-refractivity contribution is -0.121. The number of carbonyl (C=O) groups excluding carboxylic acids is 2. The molecule has 1 heterocycles. The van der Waals surface area contributed by atoms with Gasteiger partial charge in [0.1, 0.15) is 6.54 Å². The standard InChI is InChI=1S/C16H20N4O2S/c1-11-5-7-12(8-6-11)20(9-14(21)17-16(2,3)4)15(22)13-10-23-19-18-13/h5-8,10H,9H2,1-4H3,(H,17,21). The third-order valence-corrected chi connectivity index (χ3v) is 3.49. The summed E-state index contributed by atoms with van der Waals surface area (Å²) in [6.45, 7) is 7.58. The first-order valence-corrected chi connectivity index (χ1v) is 8.06. The summed E-state index contributed by atoms with van der Waals surface area (Å²) in [6, 6.07) is 7.43. The molecule has 0 atom stereocenters. The molecule has 0 fully saturated rings. The van der Waals surface area contributed by atoms with Gasteiger partial charge in [-0.2, -0.15) is 0 Å². The topological polar surface area (TPSA) is 75.2 Å². The van der Waals surface area contributed by atoms with Crippen molar-refractivity contribution in [1.29, 1.82) is 0 Å². The molecule has 0 saturated heterocycles. The Bertz CT molecular complexity index is 675. The summed E-state index contributed by atoms with van der Waals surface area (Å²) in [5, 5.41) is 8.25. The van der Waals surface area contributed by atoms with E-state index in [4.69, 9.17) is 0 Å². The zero-order valence-electron chi connectivity index (χ0n) is 13.7. The lowest BCUT2D eigenvalue weighted by Crippen LogP contribution is -2.47. The molecule has 7 heteroatoms. The van der Waals surface area contributed by atoms with Crippen molar-refractivity contribution in [3.05, 3.63) is 40.9 Å². The molecule has 0 bridgehead atoms. The fourth-order valence-corrected chi connectivity index (χ4v) is 2.43. The molecule has 0 radical (unpaired) electrons. The third-order valence-electron chi connectivity index (χ3n) is 2.99. The Hall–Kier alpha value is -2.28. The maximum absolute atomic E-state index is 12.6. The van der Waals surface area contributed by atoms with E-state index in [9.17, 15) is 9.59 Å². The normalized spacial score (nSPS) is 11.1. The van der Waals surface area contributed by atoms with Crippen LogP contribution in [0.4, 0.5) is 5.69 Å². The Morgan fingerprint density at radius 3 is 2.39 bits per heavy atom. The number of amides is 2. The fourth-order valence-electron chi connectivity index (χ4n) is 2.00. The molecule has 0 spiro atoms. The number of benzene rings is 1. The molecule has 1 aromatic heterocycles. The number of rotatable bonds is 4. The molecule has 0 aliphatic heterocycles. The van der Waals surface area contributed by atoms with Crippen LogP contribution >= 0.6 is 11.5 Å². The number of nitrogens with one attached hydrogen (secondary N) is 1. The number of hydrogen-bond donors (Lipinski definition) is 1. The molecule has 2 aromatic rings. The Kier molecular flexibility index (Phi) is 5.10. The highest BCUT2D eigenvalue weighted by molar-refractivity contribution is 7.03. The van der Waals surface area contributed by atoms with E-state index in [2.05, 4.69) is 14.9 Å². The average Bonchev–Trinajstić information content (AvgIpc) is 2.97. The molecule has 23 heavy (non-hydrogen) atoms. The molecule has 6 nitrogen and oxygen atoms in total. The summed E-state index contributed by atoms with van der Waals surface area (Å²) in [4.78, 5) is 26.3. The molecule has 2 rings (SSSR count). The predicted octanol–water partition coefficient (Wildman–Crippen LogP) is 2.41.